The average Bonchev–Trinajstić information content (AvgIpc) is 2.67. The monoisotopic (exact) mass is 417 g/mol. The SMILES string of the molecule is CS(=O)(=O)OCCc1ccc(-n2ccc(OCc3ccc(F)cc3)cc2=O)cc1. The quantitative estimate of drug-likeness (QED) is 0.527. The second kappa shape index (κ2) is 9.02. The van der Waals surface area contributed by atoms with Crippen LogP contribution in [0.25, 0.3) is 5.69 Å². The molecule has 0 aliphatic heterocycles. The number of ether oxygens (including phenoxy) is 1. The van der Waals surface area contributed by atoms with Crippen LogP contribution in [0.15, 0.2) is 71.7 Å². The van der Waals surface area contributed by atoms with Crippen LogP contribution in [-0.2, 0) is 27.3 Å². The number of hydrogen-bond donors (Lipinski definition) is 0. The van der Waals surface area contributed by atoms with Crippen LogP contribution in [0.4, 0.5) is 4.39 Å². The largest absolute Gasteiger partial charge is 0.489 e. The normalized spacial score (nSPS) is 11.4. The van der Waals surface area contributed by atoms with E-state index in [9.17, 15) is 17.6 Å². The number of pyridine rings is 1. The van der Waals surface area contributed by atoms with E-state index in [0.29, 0.717) is 17.9 Å². The van der Waals surface area contributed by atoms with Gasteiger partial charge in [-0.25, -0.2) is 4.39 Å². The fraction of sp³-hybridized carbons (Fsp3) is 0.190. The predicted octanol–water partition coefficient (Wildman–Crippen LogP) is 3.07. The van der Waals surface area contributed by atoms with Crippen molar-refractivity contribution in [2.75, 3.05) is 12.9 Å². The van der Waals surface area contributed by atoms with Crippen molar-refractivity contribution in [2.45, 2.75) is 13.0 Å². The van der Waals surface area contributed by atoms with Crippen molar-refractivity contribution < 1.29 is 21.7 Å². The molecule has 3 aromatic rings. The summed E-state index contributed by atoms with van der Waals surface area (Å²) in [5.74, 6) is 0.107. The van der Waals surface area contributed by atoms with Crippen molar-refractivity contribution in [3.63, 3.8) is 0 Å². The fourth-order valence-corrected chi connectivity index (χ4v) is 3.03. The van der Waals surface area contributed by atoms with Crippen LogP contribution in [0.3, 0.4) is 0 Å². The van der Waals surface area contributed by atoms with Gasteiger partial charge in [0.25, 0.3) is 15.7 Å². The van der Waals surface area contributed by atoms with Crippen LogP contribution in [0.5, 0.6) is 5.75 Å². The molecule has 1 aromatic heterocycles. The van der Waals surface area contributed by atoms with E-state index in [0.717, 1.165) is 17.4 Å². The van der Waals surface area contributed by atoms with Gasteiger partial charge < -0.3 is 4.74 Å². The maximum Gasteiger partial charge on any atom is 0.264 e. The highest BCUT2D eigenvalue weighted by Crippen LogP contribution is 2.14. The van der Waals surface area contributed by atoms with Crippen molar-refractivity contribution in [3.8, 4) is 11.4 Å². The lowest BCUT2D eigenvalue weighted by molar-refractivity contribution is 0.305. The van der Waals surface area contributed by atoms with Gasteiger partial charge in [0.2, 0.25) is 0 Å². The number of nitrogens with zero attached hydrogens (tertiary/aromatic N) is 1. The Hall–Kier alpha value is -2.97. The van der Waals surface area contributed by atoms with Crippen molar-refractivity contribution in [2.24, 2.45) is 0 Å². The van der Waals surface area contributed by atoms with Gasteiger partial charge in [0.1, 0.15) is 18.2 Å². The summed E-state index contributed by atoms with van der Waals surface area (Å²) in [6.07, 6.45) is 3.07. The molecule has 0 saturated carbocycles. The van der Waals surface area contributed by atoms with Gasteiger partial charge in [-0.15, -0.1) is 0 Å². The maximum absolute atomic E-state index is 12.9. The molecule has 0 unspecified atom stereocenters. The standard InChI is InChI=1S/C21H20FNO5S/c1-29(25,26)28-13-11-16-4-8-19(9-5-16)23-12-10-20(14-21(23)24)27-15-17-2-6-18(22)7-3-17/h2-10,12,14H,11,13,15H2,1H3. The Balaban J connectivity index is 1.63. The van der Waals surface area contributed by atoms with E-state index in [1.165, 1.54) is 22.8 Å². The molecule has 0 atom stereocenters. The molecule has 0 aliphatic rings. The van der Waals surface area contributed by atoms with E-state index in [4.69, 9.17) is 8.92 Å². The Morgan fingerprint density at radius 3 is 2.24 bits per heavy atom. The highest BCUT2D eigenvalue weighted by molar-refractivity contribution is 7.85. The highest BCUT2D eigenvalue weighted by Gasteiger charge is 2.05. The van der Waals surface area contributed by atoms with Crippen molar-refractivity contribution in [1.29, 1.82) is 0 Å². The van der Waals surface area contributed by atoms with E-state index in [1.54, 1.807) is 36.5 Å². The van der Waals surface area contributed by atoms with Gasteiger partial charge in [-0.1, -0.05) is 24.3 Å². The zero-order chi connectivity index (χ0) is 20.9. The minimum Gasteiger partial charge on any atom is -0.489 e. The van der Waals surface area contributed by atoms with Gasteiger partial charge in [0.15, 0.2) is 0 Å². The van der Waals surface area contributed by atoms with Crippen LogP contribution in [-0.4, -0.2) is 25.8 Å². The zero-order valence-corrected chi connectivity index (χ0v) is 16.6. The number of halogens is 1. The molecule has 0 aliphatic carbocycles. The molecule has 8 heteroatoms. The molecular formula is C21H20FNO5S. The summed E-state index contributed by atoms with van der Waals surface area (Å²) in [6.45, 7) is 0.298. The molecule has 29 heavy (non-hydrogen) atoms. The molecule has 2 aromatic carbocycles. The van der Waals surface area contributed by atoms with Gasteiger partial charge in [-0.3, -0.25) is 13.5 Å². The Morgan fingerprint density at radius 1 is 0.966 bits per heavy atom. The molecule has 6 nitrogen and oxygen atoms in total. The van der Waals surface area contributed by atoms with E-state index in [2.05, 4.69) is 0 Å². The lowest BCUT2D eigenvalue weighted by Crippen LogP contribution is -2.16. The molecule has 3 rings (SSSR count). The minimum atomic E-state index is -3.45. The second-order valence-corrected chi connectivity index (χ2v) is 8.07. The number of rotatable bonds is 8. The average molecular weight is 417 g/mol. The van der Waals surface area contributed by atoms with Crippen LogP contribution in [0, 0.1) is 5.82 Å². The molecule has 0 amide bonds. The molecule has 1 heterocycles. The summed E-state index contributed by atoms with van der Waals surface area (Å²) in [4.78, 5) is 12.4. The highest BCUT2D eigenvalue weighted by atomic mass is 32.2. The van der Waals surface area contributed by atoms with E-state index < -0.39 is 10.1 Å². The Morgan fingerprint density at radius 2 is 1.62 bits per heavy atom. The van der Waals surface area contributed by atoms with Gasteiger partial charge in [-0.05, 0) is 47.9 Å². The lowest BCUT2D eigenvalue weighted by atomic mass is 10.1. The van der Waals surface area contributed by atoms with Crippen LogP contribution in [0.2, 0.25) is 0 Å². The van der Waals surface area contributed by atoms with E-state index >= 15 is 0 Å². The lowest BCUT2D eigenvalue weighted by Gasteiger charge is -2.10. The van der Waals surface area contributed by atoms with Crippen molar-refractivity contribution in [3.05, 3.63) is 94.2 Å². The molecule has 0 bridgehead atoms. The summed E-state index contributed by atoms with van der Waals surface area (Å²) < 4.78 is 46.7. The smallest absolute Gasteiger partial charge is 0.264 e. The summed E-state index contributed by atoms with van der Waals surface area (Å²) >= 11 is 0. The topological polar surface area (TPSA) is 74.6 Å². The summed E-state index contributed by atoms with van der Waals surface area (Å²) in [6, 6.07) is 16.2. The molecule has 0 radical (unpaired) electrons. The number of hydrogen-bond acceptors (Lipinski definition) is 5. The third-order valence-electron chi connectivity index (χ3n) is 4.11. The summed E-state index contributed by atoms with van der Waals surface area (Å²) in [5.41, 5.74) is 2.11. The molecular weight excluding hydrogens is 397 g/mol. The summed E-state index contributed by atoms with van der Waals surface area (Å²) in [5, 5.41) is 0. The minimum absolute atomic E-state index is 0.0677. The van der Waals surface area contributed by atoms with Crippen molar-refractivity contribution >= 4 is 10.1 Å². The first-order valence-electron chi connectivity index (χ1n) is 8.84. The summed E-state index contributed by atoms with van der Waals surface area (Å²) in [7, 11) is -3.45. The molecule has 0 saturated heterocycles. The first kappa shape index (κ1) is 20.8. The Kier molecular flexibility index (Phi) is 6.46. The van der Waals surface area contributed by atoms with Gasteiger partial charge in [0.05, 0.1) is 12.9 Å². The Bertz CT molecular complexity index is 1120. The van der Waals surface area contributed by atoms with Gasteiger partial charge >= 0.3 is 0 Å². The van der Waals surface area contributed by atoms with Crippen LogP contribution < -0.4 is 10.3 Å². The zero-order valence-electron chi connectivity index (χ0n) is 15.7. The van der Waals surface area contributed by atoms with Crippen LogP contribution >= 0.6 is 0 Å². The fourth-order valence-electron chi connectivity index (χ4n) is 2.65. The predicted molar refractivity (Wildman–Crippen MR) is 107 cm³/mol. The van der Waals surface area contributed by atoms with Crippen LogP contribution in [0.1, 0.15) is 11.1 Å². The number of aromatic nitrogens is 1. The first-order valence-corrected chi connectivity index (χ1v) is 10.7. The van der Waals surface area contributed by atoms with E-state index in [1.807, 2.05) is 12.1 Å². The van der Waals surface area contributed by atoms with Gasteiger partial charge in [-0.2, -0.15) is 8.42 Å². The third-order valence-corrected chi connectivity index (χ3v) is 4.71. The molecule has 0 spiro atoms. The molecule has 0 fully saturated rings. The third kappa shape index (κ3) is 6.27. The Labute approximate surface area is 168 Å². The maximum atomic E-state index is 12.9. The van der Waals surface area contributed by atoms with Crippen molar-refractivity contribution in [1.82, 2.24) is 4.57 Å². The molecule has 152 valence electrons. The van der Waals surface area contributed by atoms with E-state index in [-0.39, 0.29) is 24.6 Å². The molecule has 0 N–H and O–H groups in total. The number of benzene rings is 2. The second-order valence-electron chi connectivity index (χ2n) is 6.43. The van der Waals surface area contributed by atoms with Gasteiger partial charge in [0, 0.05) is 18.0 Å². The first-order chi connectivity index (χ1) is 13.8.